The molecule has 0 atom stereocenters. The average molecular weight is 199 g/mol. The van der Waals surface area contributed by atoms with Crippen LogP contribution in [0.5, 0.6) is 0 Å². The maximum Gasteiger partial charge on any atom is 0.106 e. The Balaban J connectivity index is 3.19. The Bertz CT molecular complexity index is 258. The topological polar surface area (TPSA) is 25.2 Å². The molecular formula is C7H7BrN2. The van der Waals surface area contributed by atoms with Crippen molar-refractivity contribution >= 4 is 28.3 Å². The van der Waals surface area contributed by atoms with Gasteiger partial charge >= 0.3 is 0 Å². The van der Waals surface area contributed by atoms with Gasteiger partial charge in [0.15, 0.2) is 0 Å². The predicted octanol–water partition coefficient (Wildman–Crippen LogP) is 2.48. The van der Waals surface area contributed by atoms with E-state index >= 15 is 0 Å². The Hall–Kier alpha value is -0.700. The van der Waals surface area contributed by atoms with E-state index in [9.17, 15) is 0 Å². The highest BCUT2D eigenvalue weighted by atomic mass is 79.9. The highest BCUT2D eigenvalue weighted by molar-refractivity contribution is 9.10. The van der Waals surface area contributed by atoms with Crippen molar-refractivity contribution in [3.8, 4) is 0 Å². The fourth-order valence-electron chi connectivity index (χ4n) is 0.690. The van der Waals surface area contributed by atoms with Crippen molar-refractivity contribution in [3.05, 3.63) is 22.4 Å². The van der Waals surface area contributed by atoms with Gasteiger partial charge in [-0.2, -0.15) is 0 Å². The number of halogens is 1. The standard InChI is InChI=1S/C7H7BrN2/c1-5-6(9-2)3-4-7(8)10-5/h3-4H,2H2,1H3. The zero-order valence-electron chi connectivity index (χ0n) is 5.63. The SMILES string of the molecule is C=Nc1ccc(Br)nc1C. The quantitative estimate of drug-likeness (QED) is 0.503. The molecule has 0 aromatic carbocycles. The molecule has 0 N–H and O–H groups in total. The summed E-state index contributed by atoms with van der Waals surface area (Å²) in [5.74, 6) is 0. The molecule has 0 saturated heterocycles. The molecule has 0 fully saturated rings. The van der Waals surface area contributed by atoms with Crippen LogP contribution in [0, 0.1) is 6.92 Å². The third-order valence-corrected chi connectivity index (χ3v) is 1.64. The van der Waals surface area contributed by atoms with Crippen molar-refractivity contribution in [1.82, 2.24) is 4.98 Å². The molecule has 52 valence electrons. The molecule has 1 aromatic heterocycles. The third-order valence-electron chi connectivity index (χ3n) is 1.19. The number of aryl methyl sites for hydroxylation is 1. The fraction of sp³-hybridized carbons (Fsp3) is 0.143. The number of hydrogen-bond acceptors (Lipinski definition) is 2. The lowest BCUT2D eigenvalue weighted by Crippen LogP contribution is -1.80. The van der Waals surface area contributed by atoms with Gasteiger partial charge in [-0.1, -0.05) is 0 Å². The van der Waals surface area contributed by atoms with E-state index in [1.54, 1.807) is 0 Å². The van der Waals surface area contributed by atoms with Crippen LogP contribution in [-0.2, 0) is 0 Å². The van der Waals surface area contributed by atoms with E-state index in [2.05, 4.69) is 32.6 Å². The van der Waals surface area contributed by atoms with Gasteiger partial charge in [-0.05, 0) is 41.7 Å². The van der Waals surface area contributed by atoms with Crippen molar-refractivity contribution in [2.24, 2.45) is 4.99 Å². The predicted molar refractivity (Wildman–Crippen MR) is 45.9 cm³/mol. The minimum absolute atomic E-state index is 0.831. The molecule has 0 radical (unpaired) electrons. The molecule has 0 bridgehead atoms. The van der Waals surface area contributed by atoms with Gasteiger partial charge in [-0.25, -0.2) is 4.98 Å². The molecule has 0 amide bonds. The van der Waals surface area contributed by atoms with Crippen LogP contribution in [0.25, 0.3) is 0 Å². The normalized spacial score (nSPS) is 9.40. The van der Waals surface area contributed by atoms with Crippen LogP contribution in [0.4, 0.5) is 5.69 Å². The number of hydrogen-bond donors (Lipinski definition) is 0. The molecule has 0 spiro atoms. The minimum atomic E-state index is 0.831. The van der Waals surface area contributed by atoms with Crippen LogP contribution in [0.15, 0.2) is 21.7 Å². The summed E-state index contributed by atoms with van der Waals surface area (Å²) in [6, 6.07) is 3.72. The first-order valence-electron chi connectivity index (χ1n) is 2.84. The van der Waals surface area contributed by atoms with E-state index in [1.165, 1.54) is 0 Å². The second-order valence-electron chi connectivity index (χ2n) is 1.90. The van der Waals surface area contributed by atoms with Crippen molar-refractivity contribution in [1.29, 1.82) is 0 Å². The van der Waals surface area contributed by atoms with E-state index in [0.717, 1.165) is 16.0 Å². The highest BCUT2D eigenvalue weighted by Crippen LogP contribution is 2.17. The highest BCUT2D eigenvalue weighted by Gasteiger charge is 1.95. The molecular weight excluding hydrogens is 192 g/mol. The molecule has 1 heterocycles. The lowest BCUT2D eigenvalue weighted by atomic mass is 10.3. The zero-order chi connectivity index (χ0) is 7.56. The molecule has 2 nitrogen and oxygen atoms in total. The van der Waals surface area contributed by atoms with Crippen LogP contribution in [0.3, 0.4) is 0 Å². The van der Waals surface area contributed by atoms with E-state index in [1.807, 2.05) is 19.1 Å². The molecule has 0 aliphatic heterocycles. The number of nitrogens with zero attached hydrogens (tertiary/aromatic N) is 2. The lowest BCUT2D eigenvalue weighted by molar-refractivity contribution is 1.16. The van der Waals surface area contributed by atoms with E-state index in [4.69, 9.17) is 0 Å². The van der Waals surface area contributed by atoms with Crippen LogP contribution < -0.4 is 0 Å². The Labute approximate surface area is 68.1 Å². The van der Waals surface area contributed by atoms with Crippen molar-refractivity contribution in [3.63, 3.8) is 0 Å². The van der Waals surface area contributed by atoms with Gasteiger partial charge in [0.25, 0.3) is 0 Å². The lowest BCUT2D eigenvalue weighted by Gasteiger charge is -1.96. The summed E-state index contributed by atoms with van der Waals surface area (Å²) >= 11 is 3.25. The fourth-order valence-corrected chi connectivity index (χ4v) is 1.09. The number of rotatable bonds is 1. The summed E-state index contributed by atoms with van der Waals surface area (Å²) in [6.45, 7) is 5.31. The van der Waals surface area contributed by atoms with E-state index in [0.29, 0.717) is 0 Å². The Morgan fingerprint density at radius 2 is 2.30 bits per heavy atom. The molecule has 0 aliphatic rings. The summed E-state index contributed by atoms with van der Waals surface area (Å²) in [5, 5.41) is 0. The second kappa shape index (κ2) is 2.92. The molecule has 0 saturated carbocycles. The van der Waals surface area contributed by atoms with Crippen molar-refractivity contribution in [2.45, 2.75) is 6.92 Å². The Morgan fingerprint density at radius 3 is 2.80 bits per heavy atom. The monoisotopic (exact) mass is 198 g/mol. The van der Waals surface area contributed by atoms with Gasteiger partial charge in [0.2, 0.25) is 0 Å². The summed E-state index contributed by atoms with van der Waals surface area (Å²) < 4.78 is 0.831. The van der Waals surface area contributed by atoms with Crippen molar-refractivity contribution in [2.75, 3.05) is 0 Å². The second-order valence-corrected chi connectivity index (χ2v) is 2.71. The number of aliphatic imine (C=N–C) groups is 1. The van der Waals surface area contributed by atoms with Gasteiger partial charge in [0, 0.05) is 0 Å². The van der Waals surface area contributed by atoms with E-state index < -0.39 is 0 Å². The Kier molecular flexibility index (Phi) is 2.17. The first-order chi connectivity index (χ1) is 4.74. The van der Waals surface area contributed by atoms with E-state index in [-0.39, 0.29) is 0 Å². The minimum Gasteiger partial charge on any atom is -0.263 e. The first-order valence-corrected chi connectivity index (χ1v) is 3.63. The maximum atomic E-state index is 4.13. The van der Waals surface area contributed by atoms with Crippen LogP contribution in [0.1, 0.15) is 5.69 Å². The van der Waals surface area contributed by atoms with Gasteiger partial charge in [-0.3, -0.25) is 4.99 Å². The van der Waals surface area contributed by atoms with Crippen molar-refractivity contribution < 1.29 is 0 Å². The average Bonchev–Trinajstić information content (AvgIpc) is 1.88. The smallest absolute Gasteiger partial charge is 0.106 e. The summed E-state index contributed by atoms with van der Waals surface area (Å²) in [4.78, 5) is 7.91. The van der Waals surface area contributed by atoms with Crippen LogP contribution in [0.2, 0.25) is 0 Å². The van der Waals surface area contributed by atoms with Gasteiger partial charge in [-0.15, -0.1) is 0 Å². The Morgan fingerprint density at radius 1 is 1.60 bits per heavy atom. The summed E-state index contributed by atoms with van der Waals surface area (Å²) in [5.41, 5.74) is 1.73. The maximum absolute atomic E-state index is 4.13. The zero-order valence-corrected chi connectivity index (χ0v) is 7.22. The van der Waals surface area contributed by atoms with Gasteiger partial charge in [0.1, 0.15) is 4.60 Å². The molecule has 0 unspecified atom stereocenters. The molecule has 1 aromatic rings. The molecule has 1 rings (SSSR count). The third kappa shape index (κ3) is 1.42. The molecule has 3 heteroatoms. The number of aromatic nitrogens is 1. The summed E-state index contributed by atoms with van der Waals surface area (Å²) in [6.07, 6.45) is 0. The largest absolute Gasteiger partial charge is 0.263 e. The van der Waals surface area contributed by atoms with Gasteiger partial charge in [0.05, 0.1) is 11.4 Å². The summed E-state index contributed by atoms with van der Waals surface area (Å²) in [7, 11) is 0. The first kappa shape index (κ1) is 7.41. The molecule has 10 heavy (non-hydrogen) atoms. The van der Waals surface area contributed by atoms with Gasteiger partial charge < -0.3 is 0 Å². The molecule has 0 aliphatic carbocycles. The van der Waals surface area contributed by atoms with Crippen LogP contribution in [-0.4, -0.2) is 11.7 Å². The van der Waals surface area contributed by atoms with Crippen LogP contribution >= 0.6 is 15.9 Å². The number of pyridine rings is 1.